The second-order valence-corrected chi connectivity index (χ2v) is 9.75. The van der Waals surface area contributed by atoms with Crippen molar-refractivity contribution in [2.45, 2.75) is 25.9 Å². The number of esters is 1. The molecule has 6 heteroatoms. The second-order valence-electron chi connectivity index (χ2n) is 9.75. The number of ether oxygens (including phenoxy) is 1. The Labute approximate surface area is 197 Å². The smallest absolute Gasteiger partial charge is 0.338 e. The van der Waals surface area contributed by atoms with Crippen molar-refractivity contribution in [2.24, 2.45) is 35.5 Å². The van der Waals surface area contributed by atoms with Gasteiger partial charge < -0.3 is 4.74 Å². The first-order valence-corrected chi connectivity index (χ1v) is 12.0. The van der Waals surface area contributed by atoms with E-state index in [0.29, 0.717) is 29.5 Å². The molecule has 2 aromatic rings. The van der Waals surface area contributed by atoms with Gasteiger partial charge in [0.2, 0.25) is 17.6 Å². The number of Topliss-reactive ketones (excluding diaryl/α,β-unsaturated/α-hetero) is 1. The van der Waals surface area contributed by atoms with Crippen LogP contribution in [0.3, 0.4) is 0 Å². The summed E-state index contributed by atoms with van der Waals surface area (Å²) in [6.07, 6.45) is 4.81. The molecule has 0 N–H and O–H groups in total. The highest BCUT2D eigenvalue weighted by Crippen LogP contribution is 2.65. The number of benzene rings is 2. The van der Waals surface area contributed by atoms with Gasteiger partial charge in [-0.05, 0) is 54.7 Å². The van der Waals surface area contributed by atoms with Crippen molar-refractivity contribution in [1.29, 1.82) is 0 Å². The standard InChI is InChI=1S/C28H25NO5/c1-2-22(25(30)15-7-4-3-5-8-15)34-28(33)16-9-6-10-17(13-16)29-26(31)23-18-11-12-19(21-14-20(18)21)24(23)27(29)32/h3-13,18-24H,2,14H2,1H3/t18-,19-,20-,21-,22+,23+,24+/m1/s1. The molecule has 7 rings (SSSR count). The van der Waals surface area contributed by atoms with Crippen LogP contribution in [0.5, 0.6) is 0 Å². The minimum absolute atomic E-state index is 0.143. The summed E-state index contributed by atoms with van der Waals surface area (Å²) in [7, 11) is 0. The average molecular weight is 456 g/mol. The Morgan fingerprint density at radius 1 is 0.912 bits per heavy atom. The van der Waals surface area contributed by atoms with Crippen LogP contribution in [0.4, 0.5) is 5.69 Å². The minimum atomic E-state index is -0.912. The SMILES string of the molecule is CC[C@H](OC(=O)c1cccc(N2C(=O)[C@H]3[C@@H]4C=C[C@H]([C@H]5C[C@H]45)[C@@H]3C2=O)c1)C(=O)c1ccccc1. The van der Waals surface area contributed by atoms with E-state index >= 15 is 0 Å². The lowest BCUT2D eigenvalue weighted by Gasteiger charge is -2.37. The van der Waals surface area contributed by atoms with E-state index in [9.17, 15) is 19.2 Å². The molecule has 5 aliphatic rings. The summed E-state index contributed by atoms with van der Waals surface area (Å²) in [6, 6.07) is 15.1. The van der Waals surface area contributed by atoms with Gasteiger partial charge in [-0.25, -0.2) is 9.69 Å². The molecule has 0 spiro atoms. The first-order valence-electron chi connectivity index (χ1n) is 12.0. The van der Waals surface area contributed by atoms with Gasteiger partial charge in [0.1, 0.15) is 0 Å². The molecule has 0 radical (unpaired) electrons. The monoisotopic (exact) mass is 455 g/mol. The van der Waals surface area contributed by atoms with Gasteiger partial charge in [0.25, 0.3) is 0 Å². The highest BCUT2D eigenvalue weighted by atomic mass is 16.5. The molecule has 7 atom stereocenters. The van der Waals surface area contributed by atoms with Gasteiger partial charge in [-0.15, -0.1) is 0 Å². The number of carbonyl (C=O) groups is 4. The van der Waals surface area contributed by atoms with E-state index < -0.39 is 12.1 Å². The Hall–Kier alpha value is -3.54. The first-order chi connectivity index (χ1) is 16.5. The Bertz CT molecular complexity index is 1200. The third kappa shape index (κ3) is 3.08. The second kappa shape index (κ2) is 7.76. The van der Waals surface area contributed by atoms with Crippen LogP contribution in [0.1, 0.15) is 40.5 Å². The van der Waals surface area contributed by atoms with E-state index in [4.69, 9.17) is 4.74 Å². The maximum Gasteiger partial charge on any atom is 0.338 e. The molecule has 0 aromatic heterocycles. The summed E-state index contributed by atoms with van der Waals surface area (Å²) in [5, 5.41) is 0. The number of hydrogen-bond acceptors (Lipinski definition) is 5. The number of carbonyl (C=O) groups excluding carboxylic acids is 4. The number of imide groups is 1. The highest BCUT2D eigenvalue weighted by Gasteiger charge is 2.67. The third-order valence-corrected chi connectivity index (χ3v) is 7.97. The highest BCUT2D eigenvalue weighted by molar-refractivity contribution is 6.23. The predicted molar refractivity (Wildman–Crippen MR) is 124 cm³/mol. The Morgan fingerprint density at radius 2 is 1.53 bits per heavy atom. The Morgan fingerprint density at radius 3 is 2.15 bits per heavy atom. The van der Waals surface area contributed by atoms with Crippen LogP contribution in [0.25, 0.3) is 0 Å². The van der Waals surface area contributed by atoms with Gasteiger partial charge in [-0.3, -0.25) is 14.4 Å². The number of hydrogen-bond donors (Lipinski definition) is 0. The molecule has 1 saturated heterocycles. The quantitative estimate of drug-likeness (QED) is 0.284. The average Bonchev–Trinajstić information content (AvgIpc) is 3.65. The van der Waals surface area contributed by atoms with Crippen molar-refractivity contribution in [1.82, 2.24) is 0 Å². The van der Waals surface area contributed by atoms with Gasteiger partial charge in [-0.2, -0.15) is 0 Å². The summed E-state index contributed by atoms with van der Waals surface area (Å²) in [6.45, 7) is 1.78. The molecule has 4 aliphatic carbocycles. The number of nitrogens with zero attached hydrogens (tertiary/aromatic N) is 1. The number of rotatable bonds is 6. The lowest BCUT2D eigenvalue weighted by atomic mass is 9.63. The summed E-state index contributed by atoms with van der Waals surface area (Å²) in [5.41, 5.74) is 1.07. The molecule has 6 nitrogen and oxygen atoms in total. The summed E-state index contributed by atoms with van der Waals surface area (Å²) in [5.74, 6) is -0.505. The summed E-state index contributed by atoms with van der Waals surface area (Å²) < 4.78 is 5.54. The van der Waals surface area contributed by atoms with E-state index in [2.05, 4.69) is 12.2 Å². The van der Waals surface area contributed by atoms with Crippen molar-refractivity contribution >= 4 is 29.3 Å². The van der Waals surface area contributed by atoms with Gasteiger partial charge >= 0.3 is 5.97 Å². The van der Waals surface area contributed by atoms with Gasteiger partial charge in [0.15, 0.2) is 6.10 Å². The van der Waals surface area contributed by atoms with Crippen LogP contribution in [-0.4, -0.2) is 29.7 Å². The van der Waals surface area contributed by atoms with Crippen LogP contribution in [0.15, 0.2) is 66.7 Å². The molecule has 172 valence electrons. The topological polar surface area (TPSA) is 80.8 Å². The van der Waals surface area contributed by atoms with Crippen LogP contribution >= 0.6 is 0 Å². The predicted octanol–water partition coefficient (Wildman–Crippen LogP) is 4.06. The van der Waals surface area contributed by atoms with Crippen molar-refractivity contribution in [2.75, 3.05) is 4.90 Å². The molecular formula is C28H25NO5. The van der Waals surface area contributed by atoms with E-state index in [1.165, 1.54) is 11.0 Å². The van der Waals surface area contributed by atoms with Gasteiger partial charge in [0, 0.05) is 5.56 Å². The van der Waals surface area contributed by atoms with Crippen molar-refractivity contribution in [3.05, 3.63) is 77.9 Å². The fourth-order valence-electron chi connectivity index (χ4n) is 6.29. The third-order valence-electron chi connectivity index (χ3n) is 7.97. The van der Waals surface area contributed by atoms with Crippen LogP contribution in [-0.2, 0) is 14.3 Å². The molecule has 1 heterocycles. The van der Waals surface area contributed by atoms with E-state index in [1.54, 1.807) is 49.4 Å². The molecule has 2 bridgehead atoms. The fourth-order valence-corrected chi connectivity index (χ4v) is 6.29. The molecule has 0 unspecified atom stereocenters. The lowest BCUT2D eigenvalue weighted by molar-refractivity contribution is -0.124. The zero-order valence-corrected chi connectivity index (χ0v) is 18.8. The lowest BCUT2D eigenvalue weighted by Crippen LogP contribution is -2.40. The first kappa shape index (κ1) is 21.0. The van der Waals surface area contributed by atoms with E-state index in [0.717, 1.165) is 6.42 Å². The Balaban J connectivity index is 1.23. The molecule has 34 heavy (non-hydrogen) atoms. The molecule has 2 amide bonds. The zero-order valence-electron chi connectivity index (χ0n) is 18.8. The van der Waals surface area contributed by atoms with Crippen LogP contribution in [0.2, 0.25) is 0 Å². The van der Waals surface area contributed by atoms with Gasteiger partial charge in [-0.1, -0.05) is 55.5 Å². The van der Waals surface area contributed by atoms with Crippen molar-refractivity contribution in [3.8, 4) is 0 Å². The molecule has 1 aliphatic heterocycles. The molecule has 2 aromatic carbocycles. The van der Waals surface area contributed by atoms with E-state index in [-0.39, 0.29) is 46.8 Å². The summed E-state index contributed by atoms with van der Waals surface area (Å²) >= 11 is 0. The van der Waals surface area contributed by atoms with E-state index in [1.807, 2.05) is 6.07 Å². The maximum absolute atomic E-state index is 13.4. The number of ketones is 1. The zero-order chi connectivity index (χ0) is 23.6. The minimum Gasteiger partial charge on any atom is -0.450 e. The van der Waals surface area contributed by atoms with Crippen LogP contribution in [0, 0.1) is 35.5 Å². The van der Waals surface area contributed by atoms with Gasteiger partial charge in [0.05, 0.1) is 23.1 Å². The van der Waals surface area contributed by atoms with Crippen molar-refractivity contribution < 1.29 is 23.9 Å². The fraction of sp³-hybridized carbons (Fsp3) is 0.357. The normalized spacial score (nSPS) is 31.1. The molecular weight excluding hydrogens is 430 g/mol. The summed E-state index contributed by atoms with van der Waals surface area (Å²) in [4.78, 5) is 53.7. The largest absolute Gasteiger partial charge is 0.450 e. The number of anilines is 1. The number of amides is 2. The number of allylic oxidation sites excluding steroid dienone is 2. The van der Waals surface area contributed by atoms with Crippen molar-refractivity contribution in [3.63, 3.8) is 0 Å². The Kier molecular flexibility index (Phi) is 4.80. The molecule has 3 fully saturated rings. The van der Waals surface area contributed by atoms with Crippen LogP contribution < -0.4 is 4.90 Å². The molecule has 2 saturated carbocycles. The maximum atomic E-state index is 13.4.